The number of nitrogens with one attached hydrogen (secondary N) is 2. The van der Waals surface area contributed by atoms with Crippen LogP contribution in [-0.4, -0.2) is 39.4 Å². The Kier molecular flexibility index (Phi) is 8.06. The van der Waals surface area contributed by atoms with Crippen LogP contribution < -0.4 is 14.8 Å². The molecule has 1 aliphatic rings. The van der Waals surface area contributed by atoms with Crippen molar-refractivity contribution in [2.75, 3.05) is 13.2 Å². The zero-order valence-electron chi connectivity index (χ0n) is 17.7. The van der Waals surface area contributed by atoms with Crippen LogP contribution in [0.1, 0.15) is 44.6 Å². The second-order valence-electron chi connectivity index (χ2n) is 7.40. The predicted molar refractivity (Wildman–Crippen MR) is 121 cm³/mol. The van der Waals surface area contributed by atoms with Gasteiger partial charge in [0.1, 0.15) is 17.6 Å². The first kappa shape index (κ1) is 22.8. The summed E-state index contributed by atoms with van der Waals surface area (Å²) in [5, 5.41) is 2.93. The molecule has 1 aliphatic heterocycles. The molecule has 1 atom stereocenters. The van der Waals surface area contributed by atoms with E-state index >= 15 is 0 Å². The Morgan fingerprint density at radius 1 is 1.06 bits per heavy atom. The van der Waals surface area contributed by atoms with Gasteiger partial charge in [-0.1, -0.05) is 50.1 Å². The SMILES string of the molecule is CCCCC(N=C1NS(=O)(=O)c2ccccc21)C(=O)NCCCCOc1ccccc1. The third-order valence-electron chi connectivity index (χ3n) is 4.96. The van der Waals surface area contributed by atoms with Gasteiger partial charge in [-0.05, 0) is 43.5 Å². The van der Waals surface area contributed by atoms with Crippen molar-refractivity contribution in [2.24, 2.45) is 4.99 Å². The highest BCUT2D eigenvalue weighted by molar-refractivity contribution is 7.90. The highest BCUT2D eigenvalue weighted by Gasteiger charge is 2.31. The molecule has 31 heavy (non-hydrogen) atoms. The average Bonchev–Trinajstić information content (AvgIpc) is 3.04. The predicted octanol–water partition coefficient (Wildman–Crippen LogP) is 3.26. The Balaban J connectivity index is 1.54. The van der Waals surface area contributed by atoms with Crippen molar-refractivity contribution in [3.05, 3.63) is 60.2 Å². The molecular formula is C23H29N3O4S. The normalized spacial score (nSPS) is 16.4. The van der Waals surface area contributed by atoms with E-state index < -0.39 is 16.1 Å². The Morgan fingerprint density at radius 3 is 2.58 bits per heavy atom. The molecule has 0 radical (unpaired) electrons. The van der Waals surface area contributed by atoms with E-state index in [0.717, 1.165) is 31.4 Å². The maximum Gasteiger partial charge on any atom is 0.263 e. The summed E-state index contributed by atoms with van der Waals surface area (Å²) in [6.45, 7) is 3.15. The van der Waals surface area contributed by atoms with Crippen LogP contribution in [0.2, 0.25) is 0 Å². The van der Waals surface area contributed by atoms with Crippen LogP contribution in [0.4, 0.5) is 0 Å². The lowest BCUT2D eigenvalue weighted by atomic mass is 10.1. The molecule has 0 aliphatic carbocycles. The van der Waals surface area contributed by atoms with Crippen molar-refractivity contribution in [1.29, 1.82) is 0 Å². The van der Waals surface area contributed by atoms with Crippen LogP contribution in [-0.2, 0) is 14.8 Å². The van der Waals surface area contributed by atoms with Crippen molar-refractivity contribution in [2.45, 2.75) is 50.0 Å². The Hall–Kier alpha value is -2.87. The number of para-hydroxylation sites is 1. The van der Waals surface area contributed by atoms with Gasteiger partial charge in [-0.3, -0.25) is 14.5 Å². The molecule has 1 amide bonds. The number of nitrogens with zero attached hydrogens (tertiary/aromatic N) is 1. The van der Waals surface area contributed by atoms with E-state index in [4.69, 9.17) is 4.74 Å². The molecule has 1 unspecified atom stereocenters. The van der Waals surface area contributed by atoms with Crippen LogP contribution >= 0.6 is 0 Å². The van der Waals surface area contributed by atoms with E-state index in [-0.39, 0.29) is 16.6 Å². The molecule has 2 N–H and O–H groups in total. The fourth-order valence-electron chi connectivity index (χ4n) is 3.30. The number of benzene rings is 2. The Bertz CT molecular complexity index is 1010. The minimum atomic E-state index is -3.62. The lowest BCUT2D eigenvalue weighted by molar-refractivity contribution is -0.122. The molecule has 8 heteroatoms. The quantitative estimate of drug-likeness (QED) is 0.521. The summed E-state index contributed by atoms with van der Waals surface area (Å²) in [6.07, 6.45) is 3.91. The summed E-state index contributed by atoms with van der Waals surface area (Å²) in [4.78, 5) is 17.4. The molecule has 2 aromatic rings. The van der Waals surface area contributed by atoms with Crippen LogP contribution in [0.5, 0.6) is 5.75 Å². The summed E-state index contributed by atoms with van der Waals surface area (Å²) >= 11 is 0. The summed E-state index contributed by atoms with van der Waals surface area (Å²) < 4.78 is 32.7. The smallest absolute Gasteiger partial charge is 0.263 e. The van der Waals surface area contributed by atoms with Gasteiger partial charge in [0.2, 0.25) is 5.91 Å². The van der Waals surface area contributed by atoms with E-state index in [1.807, 2.05) is 37.3 Å². The second-order valence-corrected chi connectivity index (χ2v) is 9.05. The van der Waals surface area contributed by atoms with Crippen LogP contribution in [0.15, 0.2) is 64.5 Å². The van der Waals surface area contributed by atoms with E-state index in [1.54, 1.807) is 24.3 Å². The molecule has 166 valence electrons. The third kappa shape index (κ3) is 6.30. The zero-order chi connectivity index (χ0) is 22.1. The minimum absolute atomic E-state index is 0.187. The number of sulfonamides is 1. The van der Waals surface area contributed by atoms with Gasteiger partial charge in [0.25, 0.3) is 10.0 Å². The number of rotatable bonds is 11. The molecule has 0 saturated heterocycles. The fourth-order valence-corrected chi connectivity index (χ4v) is 4.54. The molecule has 0 saturated carbocycles. The lowest BCUT2D eigenvalue weighted by Crippen LogP contribution is -2.36. The molecule has 0 fully saturated rings. The summed E-state index contributed by atoms with van der Waals surface area (Å²) in [5.41, 5.74) is 0.509. The first-order valence-electron chi connectivity index (χ1n) is 10.7. The highest BCUT2D eigenvalue weighted by Crippen LogP contribution is 2.23. The van der Waals surface area contributed by atoms with Crippen molar-refractivity contribution in [3.63, 3.8) is 0 Å². The van der Waals surface area contributed by atoms with Gasteiger partial charge in [0.05, 0.1) is 11.5 Å². The van der Waals surface area contributed by atoms with Crippen molar-refractivity contribution in [1.82, 2.24) is 10.0 Å². The summed E-state index contributed by atoms with van der Waals surface area (Å²) in [6, 6.07) is 15.7. The lowest BCUT2D eigenvalue weighted by Gasteiger charge is -2.14. The number of ether oxygens (including phenoxy) is 1. The molecule has 3 rings (SSSR count). The number of amides is 1. The second kappa shape index (κ2) is 10.9. The highest BCUT2D eigenvalue weighted by atomic mass is 32.2. The monoisotopic (exact) mass is 443 g/mol. The van der Waals surface area contributed by atoms with Crippen LogP contribution in [0.3, 0.4) is 0 Å². The van der Waals surface area contributed by atoms with Crippen molar-refractivity contribution in [3.8, 4) is 5.75 Å². The van der Waals surface area contributed by atoms with Gasteiger partial charge in [-0.15, -0.1) is 0 Å². The molecule has 2 aromatic carbocycles. The zero-order valence-corrected chi connectivity index (χ0v) is 18.5. The molecular weight excluding hydrogens is 414 g/mol. The van der Waals surface area contributed by atoms with Gasteiger partial charge >= 0.3 is 0 Å². The molecule has 1 heterocycles. The first-order valence-corrected chi connectivity index (χ1v) is 12.1. The van der Waals surface area contributed by atoms with Crippen LogP contribution in [0, 0.1) is 0 Å². The van der Waals surface area contributed by atoms with Crippen molar-refractivity contribution < 1.29 is 17.9 Å². The van der Waals surface area contributed by atoms with Crippen molar-refractivity contribution >= 4 is 21.8 Å². The number of carbonyl (C=O) groups is 1. The van der Waals surface area contributed by atoms with Gasteiger partial charge < -0.3 is 10.1 Å². The molecule has 7 nitrogen and oxygen atoms in total. The number of amidine groups is 1. The van der Waals surface area contributed by atoms with Gasteiger partial charge in [0.15, 0.2) is 0 Å². The van der Waals surface area contributed by atoms with E-state index in [9.17, 15) is 13.2 Å². The van der Waals surface area contributed by atoms with E-state index in [0.29, 0.717) is 25.1 Å². The summed E-state index contributed by atoms with van der Waals surface area (Å²) in [5.74, 6) is 0.887. The number of carbonyl (C=O) groups excluding carboxylic acids is 1. The number of hydrogen-bond donors (Lipinski definition) is 2. The van der Waals surface area contributed by atoms with Crippen LogP contribution in [0.25, 0.3) is 0 Å². The standard InChI is InChI=1S/C23H29N3O4S/c1-2-3-14-20(25-22-19-13-7-8-15-21(19)31(28,29)26-22)23(27)24-16-9-10-17-30-18-11-5-4-6-12-18/h4-8,11-13,15,20H,2-3,9-10,14,16-17H2,1H3,(H,24,27)(H,25,26). The minimum Gasteiger partial charge on any atom is -0.494 e. The fraction of sp³-hybridized carbons (Fsp3) is 0.391. The summed E-state index contributed by atoms with van der Waals surface area (Å²) in [7, 11) is -3.62. The number of fused-ring (bicyclic) bond motifs is 1. The first-order chi connectivity index (χ1) is 15.0. The van der Waals surface area contributed by atoms with E-state index in [1.165, 1.54) is 0 Å². The molecule has 0 spiro atoms. The van der Waals surface area contributed by atoms with Gasteiger partial charge in [-0.25, -0.2) is 8.42 Å². The van der Waals surface area contributed by atoms with Gasteiger partial charge in [-0.2, -0.15) is 0 Å². The Morgan fingerprint density at radius 2 is 1.81 bits per heavy atom. The largest absolute Gasteiger partial charge is 0.494 e. The Labute approximate surface area is 184 Å². The average molecular weight is 444 g/mol. The van der Waals surface area contributed by atoms with E-state index in [2.05, 4.69) is 15.0 Å². The number of aliphatic imine (C=N–C) groups is 1. The maximum absolute atomic E-state index is 12.7. The van der Waals surface area contributed by atoms with Gasteiger partial charge in [0, 0.05) is 12.1 Å². The topological polar surface area (TPSA) is 96.9 Å². The number of hydrogen-bond acceptors (Lipinski definition) is 5. The maximum atomic E-state index is 12.7. The molecule has 0 bridgehead atoms. The number of unbranched alkanes of at least 4 members (excludes halogenated alkanes) is 2. The third-order valence-corrected chi connectivity index (χ3v) is 6.36. The molecule has 0 aromatic heterocycles.